The average molecular weight is 348 g/mol. The molecule has 0 amide bonds. The van der Waals surface area contributed by atoms with Gasteiger partial charge < -0.3 is 9.80 Å². The number of hydrogen-bond acceptors (Lipinski definition) is 2. The zero-order valence-electron chi connectivity index (χ0n) is 12.3. The van der Waals surface area contributed by atoms with Crippen LogP contribution in [-0.2, 0) is 5.33 Å². The van der Waals surface area contributed by atoms with E-state index in [-0.39, 0.29) is 0 Å². The molecule has 0 bridgehead atoms. The lowest BCUT2D eigenvalue weighted by atomic mass is 10.1. The van der Waals surface area contributed by atoms with E-state index in [2.05, 4.69) is 71.9 Å². The molecule has 4 heteroatoms. The second kappa shape index (κ2) is 8.13. The molecule has 0 saturated heterocycles. The van der Waals surface area contributed by atoms with Gasteiger partial charge in [-0.1, -0.05) is 47.4 Å². The van der Waals surface area contributed by atoms with E-state index in [0.29, 0.717) is 5.92 Å². The van der Waals surface area contributed by atoms with Gasteiger partial charge >= 0.3 is 0 Å². The van der Waals surface area contributed by atoms with E-state index in [0.717, 1.165) is 35.7 Å². The van der Waals surface area contributed by atoms with E-state index in [1.165, 1.54) is 5.56 Å². The van der Waals surface area contributed by atoms with Crippen molar-refractivity contribution in [1.82, 2.24) is 4.90 Å². The lowest BCUT2D eigenvalue weighted by molar-refractivity contribution is 0.409. The Hall–Kier alpha value is -0.250. The highest BCUT2D eigenvalue weighted by Crippen LogP contribution is 2.28. The van der Waals surface area contributed by atoms with Gasteiger partial charge in [-0.25, -0.2) is 0 Å². The van der Waals surface area contributed by atoms with Crippen LogP contribution in [0.5, 0.6) is 0 Å². The quantitative estimate of drug-likeness (QED) is 0.680. The number of halogens is 2. The molecule has 0 spiro atoms. The van der Waals surface area contributed by atoms with Gasteiger partial charge in [-0.2, -0.15) is 0 Å². The number of likely N-dealkylation sites (N-methyl/N-ethyl adjacent to an activating group) is 1. The molecule has 0 atom stereocenters. The summed E-state index contributed by atoms with van der Waals surface area (Å²) < 4.78 is 0. The van der Waals surface area contributed by atoms with Gasteiger partial charge in [-0.05, 0) is 37.7 Å². The smallest absolute Gasteiger partial charge is 0.0642 e. The Morgan fingerprint density at radius 2 is 1.89 bits per heavy atom. The molecule has 0 aromatic heterocycles. The van der Waals surface area contributed by atoms with Gasteiger partial charge in [-0.3, -0.25) is 0 Å². The van der Waals surface area contributed by atoms with Gasteiger partial charge in [0.2, 0.25) is 0 Å². The molecule has 0 aliphatic rings. The fourth-order valence-electron chi connectivity index (χ4n) is 1.96. The van der Waals surface area contributed by atoms with Gasteiger partial charge in [0, 0.05) is 25.0 Å². The predicted molar refractivity (Wildman–Crippen MR) is 89.7 cm³/mol. The molecule has 0 fully saturated rings. The minimum absolute atomic E-state index is 0.620. The van der Waals surface area contributed by atoms with Crippen molar-refractivity contribution in [2.45, 2.75) is 19.2 Å². The summed E-state index contributed by atoms with van der Waals surface area (Å²) in [7, 11) is 4.20. The van der Waals surface area contributed by atoms with Crippen LogP contribution in [0, 0.1) is 5.92 Å². The first-order valence-electron chi connectivity index (χ1n) is 6.68. The molecular weight excluding hydrogens is 324 g/mol. The van der Waals surface area contributed by atoms with Gasteiger partial charge in [0.25, 0.3) is 0 Å². The maximum atomic E-state index is 6.43. The molecule has 2 nitrogen and oxygen atoms in total. The lowest BCUT2D eigenvalue weighted by Gasteiger charge is -2.29. The van der Waals surface area contributed by atoms with Crippen molar-refractivity contribution < 1.29 is 0 Å². The molecule has 0 aliphatic heterocycles. The van der Waals surface area contributed by atoms with Crippen molar-refractivity contribution in [2.24, 2.45) is 5.92 Å². The minimum Gasteiger partial charge on any atom is -0.369 e. The lowest BCUT2D eigenvalue weighted by Crippen LogP contribution is -2.34. The molecule has 0 radical (unpaired) electrons. The van der Waals surface area contributed by atoms with E-state index < -0.39 is 0 Å². The van der Waals surface area contributed by atoms with Crippen molar-refractivity contribution >= 4 is 33.2 Å². The van der Waals surface area contributed by atoms with Crippen molar-refractivity contribution in [3.63, 3.8) is 0 Å². The molecule has 0 N–H and O–H groups in total. The summed E-state index contributed by atoms with van der Waals surface area (Å²) in [5.74, 6) is 0.620. The number of nitrogens with zero attached hydrogens (tertiary/aromatic N) is 2. The van der Waals surface area contributed by atoms with Crippen molar-refractivity contribution in [1.29, 1.82) is 0 Å². The van der Waals surface area contributed by atoms with Crippen LogP contribution >= 0.6 is 27.5 Å². The van der Waals surface area contributed by atoms with E-state index in [9.17, 15) is 0 Å². The fourth-order valence-corrected chi connectivity index (χ4v) is 2.63. The molecular formula is C15H24BrClN2. The average Bonchev–Trinajstić information content (AvgIpc) is 2.34. The van der Waals surface area contributed by atoms with Crippen LogP contribution in [-0.4, -0.2) is 38.6 Å². The monoisotopic (exact) mass is 346 g/mol. The Morgan fingerprint density at radius 3 is 2.37 bits per heavy atom. The highest BCUT2D eigenvalue weighted by molar-refractivity contribution is 9.08. The van der Waals surface area contributed by atoms with Crippen LogP contribution in [0.1, 0.15) is 19.4 Å². The summed E-state index contributed by atoms with van der Waals surface area (Å²) in [6, 6.07) is 6.32. The highest BCUT2D eigenvalue weighted by atomic mass is 79.9. The van der Waals surface area contributed by atoms with Crippen LogP contribution in [0.15, 0.2) is 18.2 Å². The van der Waals surface area contributed by atoms with Crippen LogP contribution in [0.25, 0.3) is 0 Å². The predicted octanol–water partition coefficient (Wildman–Crippen LogP) is 4.26. The number of alkyl halides is 1. The first-order valence-corrected chi connectivity index (χ1v) is 8.18. The fraction of sp³-hybridized carbons (Fsp3) is 0.600. The Kier molecular flexibility index (Phi) is 7.19. The second-order valence-electron chi connectivity index (χ2n) is 5.56. The number of anilines is 1. The molecule has 1 rings (SSSR count). The number of benzene rings is 1. The van der Waals surface area contributed by atoms with Crippen LogP contribution in [0.2, 0.25) is 5.02 Å². The maximum Gasteiger partial charge on any atom is 0.0642 e. The largest absolute Gasteiger partial charge is 0.369 e. The molecule has 0 saturated carbocycles. The maximum absolute atomic E-state index is 6.43. The molecule has 108 valence electrons. The molecule has 19 heavy (non-hydrogen) atoms. The Balaban J connectivity index is 2.89. The third kappa shape index (κ3) is 5.72. The number of rotatable bonds is 7. The summed E-state index contributed by atoms with van der Waals surface area (Å²) in [5.41, 5.74) is 2.35. The van der Waals surface area contributed by atoms with E-state index in [1.54, 1.807) is 0 Å². The minimum atomic E-state index is 0.620. The van der Waals surface area contributed by atoms with Gasteiger partial charge in [0.1, 0.15) is 0 Å². The van der Waals surface area contributed by atoms with E-state index in [1.807, 2.05) is 0 Å². The van der Waals surface area contributed by atoms with Crippen molar-refractivity contribution in [2.75, 3.05) is 38.6 Å². The van der Waals surface area contributed by atoms with Gasteiger partial charge in [0.15, 0.2) is 0 Å². The molecule has 0 aliphatic carbocycles. The molecule has 1 aromatic carbocycles. The van der Waals surface area contributed by atoms with E-state index in [4.69, 9.17) is 11.6 Å². The topological polar surface area (TPSA) is 6.48 Å². The van der Waals surface area contributed by atoms with Crippen LogP contribution in [0.4, 0.5) is 5.69 Å². The molecule has 1 aromatic rings. The number of hydrogen-bond donors (Lipinski definition) is 0. The van der Waals surface area contributed by atoms with Crippen molar-refractivity contribution in [3.8, 4) is 0 Å². The van der Waals surface area contributed by atoms with Gasteiger partial charge in [-0.15, -0.1) is 0 Å². The third-order valence-corrected chi connectivity index (χ3v) is 3.86. The summed E-state index contributed by atoms with van der Waals surface area (Å²) in [4.78, 5) is 4.58. The van der Waals surface area contributed by atoms with Crippen LogP contribution < -0.4 is 4.90 Å². The van der Waals surface area contributed by atoms with Crippen molar-refractivity contribution in [3.05, 3.63) is 28.8 Å². The first kappa shape index (κ1) is 16.8. The normalized spacial score (nSPS) is 11.4. The summed E-state index contributed by atoms with van der Waals surface area (Å²) in [6.45, 7) is 7.54. The third-order valence-electron chi connectivity index (χ3n) is 2.91. The Bertz CT molecular complexity index is 394. The summed E-state index contributed by atoms with van der Waals surface area (Å²) >= 11 is 9.89. The standard InChI is InChI=1S/C15H24BrClN2/c1-12(2)11-19(8-7-18(3)4)15-6-5-13(10-16)9-14(15)17/h5-6,9,12H,7-8,10-11H2,1-4H3. The summed E-state index contributed by atoms with van der Waals surface area (Å²) in [6.07, 6.45) is 0. The first-order chi connectivity index (χ1) is 8.93. The van der Waals surface area contributed by atoms with Gasteiger partial charge in [0.05, 0.1) is 10.7 Å². The SMILES string of the molecule is CC(C)CN(CCN(C)C)c1ccc(CBr)cc1Cl. The molecule has 0 unspecified atom stereocenters. The second-order valence-corrected chi connectivity index (χ2v) is 6.53. The van der Waals surface area contributed by atoms with E-state index >= 15 is 0 Å². The molecule has 0 heterocycles. The Morgan fingerprint density at radius 1 is 1.21 bits per heavy atom. The zero-order chi connectivity index (χ0) is 14.4. The summed E-state index contributed by atoms with van der Waals surface area (Å²) in [5, 5.41) is 1.69. The van der Waals surface area contributed by atoms with Crippen LogP contribution in [0.3, 0.4) is 0 Å². The zero-order valence-corrected chi connectivity index (χ0v) is 14.6. The highest BCUT2D eigenvalue weighted by Gasteiger charge is 2.12. The Labute approximate surface area is 130 Å².